The van der Waals surface area contributed by atoms with Gasteiger partial charge in [0.2, 0.25) is 0 Å². The van der Waals surface area contributed by atoms with Crippen molar-refractivity contribution in [1.82, 2.24) is 9.78 Å². The van der Waals surface area contributed by atoms with E-state index >= 15 is 0 Å². The Balaban J connectivity index is 2.48. The fourth-order valence-electron chi connectivity index (χ4n) is 1.99. The van der Waals surface area contributed by atoms with Gasteiger partial charge in [-0.2, -0.15) is 5.10 Å². The topological polar surface area (TPSA) is 47.3 Å². The third-order valence-electron chi connectivity index (χ3n) is 2.91. The summed E-state index contributed by atoms with van der Waals surface area (Å²) in [7, 11) is 1.61. The molecule has 0 fully saturated rings. The second kappa shape index (κ2) is 5.23. The molecule has 1 N–H and O–H groups in total. The average molecular weight is 246 g/mol. The number of aliphatic hydroxyl groups is 1. The van der Waals surface area contributed by atoms with Gasteiger partial charge in [0, 0.05) is 23.4 Å². The third-order valence-corrected chi connectivity index (χ3v) is 2.91. The summed E-state index contributed by atoms with van der Waals surface area (Å²) in [4.78, 5) is 0. The van der Waals surface area contributed by atoms with E-state index in [0.29, 0.717) is 11.8 Å². The van der Waals surface area contributed by atoms with E-state index in [9.17, 15) is 5.11 Å². The maximum Gasteiger partial charge on any atom is 0.125 e. The number of rotatable bonds is 4. The summed E-state index contributed by atoms with van der Waals surface area (Å²) in [5.74, 6) is 0.700. The molecule has 0 aliphatic rings. The fraction of sp³-hybridized carbons (Fsp3) is 0.357. The molecule has 0 radical (unpaired) electrons. The Morgan fingerprint density at radius 2 is 2.11 bits per heavy atom. The van der Waals surface area contributed by atoms with Crippen LogP contribution < -0.4 is 4.74 Å². The molecular weight excluding hydrogens is 228 g/mol. The number of benzene rings is 1. The lowest BCUT2D eigenvalue weighted by atomic mass is 10.1. The van der Waals surface area contributed by atoms with Crippen LogP contribution in [0.1, 0.15) is 25.5 Å². The molecule has 96 valence electrons. The maximum absolute atomic E-state index is 9.22. The monoisotopic (exact) mass is 246 g/mol. The molecular formula is C14H18N2O2. The minimum atomic E-state index is -0.0209. The van der Waals surface area contributed by atoms with Crippen molar-refractivity contribution < 1.29 is 9.84 Å². The van der Waals surface area contributed by atoms with Crippen LogP contribution in [0.4, 0.5) is 0 Å². The number of aromatic nitrogens is 2. The van der Waals surface area contributed by atoms with Gasteiger partial charge < -0.3 is 9.84 Å². The van der Waals surface area contributed by atoms with Crippen molar-refractivity contribution in [2.24, 2.45) is 0 Å². The Kier molecular flexibility index (Phi) is 3.67. The number of hydrogen-bond donors (Lipinski definition) is 1. The zero-order chi connectivity index (χ0) is 13.1. The van der Waals surface area contributed by atoms with E-state index in [1.165, 1.54) is 0 Å². The zero-order valence-electron chi connectivity index (χ0n) is 10.9. The van der Waals surface area contributed by atoms with Gasteiger partial charge in [0.1, 0.15) is 5.75 Å². The van der Waals surface area contributed by atoms with E-state index in [1.807, 2.05) is 28.9 Å². The van der Waals surface area contributed by atoms with E-state index in [1.54, 1.807) is 13.3 Å². The van der Waals surface area contributed by atoms with Crippen LogP contribution in [0.25, 0.3) is 11.3 Å². The van der Waals surface area contributed by atoms with Crippen molar-refractivity contribution in [3.8, 4) is 17.0 Å². The second-order valence-electron chi connectivity index (χ2n) is 4.44. The van der Waals surface area contributed by atoms with Gasteiger partial charge in [0.05, 0.1) is 19.4 Å². The Morgan fingerprint density at radius 1 is 1.33 bits per heavy atom. The first kappa shape index (κ1) is 12.6. The van der Waals surface area contributed by atoms with Crippen LogP contribution in [0.15, 0.2) is 30.5 Å². The van der Waals surface area contributed by atoms with Crippen molar-refractivity contribution in [2.75, 3.05) is 7.11 Å². The highest BCUT2D eigenvalue weighted by atomic mass is 16.5. The predicted octanol–water partition coefficient (Wildman–Crippen LogP) is 2.63. The SMILES string of the molecule is COc1cc(-c2ccnn2C(C)C)ccc1CO. The lowest BCUT2D eigenvalue weighted by molar-refractivity contribution is 0.274. The average Bonchev–Trinajstić information content (AvgIpc) is 2.87. The highest BCUT2D eigenvalue weighted by molar-refractivity contribution is 5.62. The Labute approximate surface area is 107 Å². The summed E-state index contributed by atoms with van der Waals surface area (Å²) < 4.78 is 7.25. The van der Waals surface area contributed by atoms with Crippen LogP contribution in [-0.2, 0) is 6.61 Å². The molecule has 0 unspecified atom stereocenters. The first-order valence-electron chi connectivity index (χ1n) is 5.99. The fourth-order valence-corrected chi connectivity index (χ4v) is 1.99. The quantitative estimate of drug-likeness (QED) is 0.902. The smallest absolute Gasteiger partial charge is 0.125 e. The summed E-state index contributed by atoms with van der Waals surface area (Å²) in [6, 6.07) is 8.07. The summed E-state index contributed by atoms with van der Waals surface area (Å²) in [6.07, 6.45) is 1.79. The molecule has 4 heteroatoms. The van der Waals surface area contributed by atoms with Crippen molar-refractivity contribution in [2.45, 2.75) is 26.5 Å². The van der Waals surface area contributed by atoms with E-state index in [0.717, 1.165) is 16.8 Å². The van der Waals surface area contributed by atoms with Gasteiger partial charge in [-0.15, -0.1) is 0 Å². The lowest BCUT2D eigenvalue weighted by Gasteiger charge is -2.13. The van der Waals surface area contributed by atoms with Gasteiger partial charge in [-0.05, 0) is 26.0 Å². The van der Waals surface area contributed by atoms with Gasteiger partial charge in [-0.1, -0.05) is 12.1 Å². The molecule has 18 heavy (non-hydrogen) atoms. The molecule has 1 aromatic carbocycles. The number of hydrogen-bond acceptors (Lipinski definition) is 3. The molecule has 2 rings (SSSR count). The molecule has 0 amide bonds. The van der Waals surface area contributed by atoms with E-state index in [2.05, 4.69) is 18.9 Å². The van der Waals surface area contributed by atoms with Crippen LogP contribution in [0.5, 0.6) is 5.75 Å². The molecule has 1 heterocycles. The number of methoxy groups -OCH3 is 1. The summed E-state index contributed by atoms with van der Waals surface area (Å²) >= 11 is 0. The first-order valence-corrected chi connectivity index (χ1v) is 5.99. The van der Waals surface area contributed by atoms with E-state index in [-0.39, 0.29) is 6.61 Å². The van der Waals surface area contributed by atoms with Gasteiger partial charge in [-0.25, -0.2) is 0 Å². The van der Waals surface area contributed by atoms with Crippen LogP contribution in [0.3, 0.4) is 0 Å². The molecule has 0 bridgehead atoms. The molecule has 0 spiro atoms. The maximum atomic E-state index is 9.22. The van der Waals surface area contributed by atoms with Crippen molar-refractivity contribution in [3.05, 3.63) is 36.0 Å². The molecule has 0 saturated heterocycles. The highest BCUT2D eigenvalue weighted by Gasteiger charge is 2.10. The Bertz CT molecular complexity index is 532. The van der Waals surface area contributed by atoms with Crippen LogP contribution in [-0.4, -0.2) is 22.0 Å². The molecule has 1 aromatic heterocycles. The van der Waals surface area contributed by atoms with Crippen molar-refractivity contribution in [1.29, 1.82) is 0 Å². The Morgan fingerprint density at radius 3 is 2.72 bits per heavy atom. The standard InChI is InChI=1S/C14H18N2O2/c1-10(2)16-13(6-7-15-16)11-4-5-12(9-17)14(8-11)18-3/h4-8,10,17H,9H2,1-3H3. The number of nitrogens with zero attached hydrogens (tertiary/aromatic N) is 2. The highest BCUT2D eigenvalue weighted by Crippen LogP contribution is 2.28. The zero-order valence-corrected chi connectivity index (χ0v) is 10.9. The van der Waals surface area contributed by atoms with E-state index in [4.69, 9.17) is 4.74 Å². The van der Waals surface area contributed by atoms with Gasteiger partial charge >= 0.3 is 0 Å². The van der Waals surface area contributed by atoms with Crippen molar-refractivity contribution >= 4 is 0 Å². The molecule has 0 aliphatic carbocycles. The minimum absolute atomic E-state index is 0.0209. The van der Waals surface area contributed by atoms with Gasteiger partial charge in [-0.3, -0.25) is 4.68 Å². The molecule has 0 saturated carbocycles. The minimum Gasteiger partial charge on any atom is -0.496 e. The van der Waals surface area contributed by atoms with Crippen LogP contribution >= 0.6 is 0 Å². The van der Waals surface area contributed by atoms with Crippen LogP contribution in [0.2, 0.25) is 0 Å². The normalized spacial score (nSPS) is 10.9. The second-order valence-corrected chi connectivity index (χ2v) is 4.44. The van der Waals surface area contributed by atoms with Gasteiger partial charge in [0.15, 0.2) is 0 Å². The van der Waals surface area contributed by atoms with E-state index < -0.39 is 0 Å². The summed E-state index contributed by atoms with van der Waals surface area (Å²) in [5, 5.41) is 13.5. The molecule has 2 aromatic rings. The van der Waals surface area contributed by atoms with Crippen molar-refractivity contribution in [3.63, 3.8) is 0 Å². The Hall–Kier alpha value is -1.81. The first-order chi connectivity index (χ1) is 8.67. The largest absolute Gasteiger partial charge is 0.496 e. The molecule has 0 aliphatic heterocycles. The number of ether oxygens (including phenoxy) is 1. The van der Waals surface area contributed by atoms with Gasteiger partial charge in [0.25, 0.3) is 0 Å². The third kappa shape index (κ3) is 2.24. The molecule has 0 atom stereocenters. The molecule has 4 nitrogen and oxygen atoms in total. The number of aliphatic hydroxyl groups excluding tert-OH is 1. The predicted molar refractivity (Wildman–Crippen MR) is 70.5 cm³/mol. The lowest BCUT2D eigenvalue weighted by Crippen LogP contribution is -2.04. The summed E-state index contributed by atoms with van der Waals surface area (Å²) in [6.45, 7) is 4.17. The summed E-state index contributed by atoms with van der Waals surface area (Å²) in [5.41, 5.74) is 2.87. The van der Waals surface area contributed by atoms with Crippen LogP contribution in [0, 0.1) is 0 Å².